The largest absolute Gasteiger partial charge is 0.489 e. The molecule has 1 N–H and O–H groups in total. The summed E-state index contributed by atoms with van der Waals surface area (Å²) >= 11 is 7.26. The summed E-state index contributed by atoms with van der Waals surface area (Å²) in [6.45, 7) is 2.53. The second kappa shape index (κ2) is 9.86. The Kier molecular flexibility index (Phi) is 6.75. The fourth-order valence-electron chi connectivity index (χ4n) is 3.10. The molecule has 1 heterocycles. The Morgan fingerprint density at radius 3 is 2.68 bits per heavy atom. The van der Waals surface area contributed by atoms with Crippen molar-refractivity contribution in [3.05, 3.63) is 99.4 Å². The number of para-hydroxylation sites is 1. The predicted molar refractivity (Wildman–Crippen MR) is 129 cm³/mol. The smallest absolute Gasteiger partial charge is 0.264 e. The standard InChI is InChI=1S/C25H21ClN2O2S/c1-2-19-7-3-4-9-22(19)27-25-28-24(29)23(31-25)15-18-6-5-8-21(14-18)30-16-17-10-12-20(26)13-11-17/h3-15H,2,16H2,1H3,(H,27,28,29). The molecule has 3 aromatic rings. The maximum atomic E-state index is 12.4. The SMILES string of the molecule is CCc1ccccc1N=C1NC(=O)C(=Cc2cccc(OCc3ccc(Cl)cc3)c2)S1. The van der Waals surface area contributed by atoms with Gasteiger partial charge in [0.2, 0.25) is 0 Å². The molecule has 31 heavy (non-hydrogen) atoms. The Morgan fingerprint density at radius 2 is 1.87 bits per heavy atom. The fourth-order valence-corrected chi connectivity index (χ4v) is 4.06. The first kappa shape index (κ1) is 21.2. The van der Waals surface area contributed by atoms with Gasteiger partial charge in [0.25, 0.3) is 5.91 Å². The van der Waals surface area contributed by atoms with Crippen LogP contribution in [0.3, 0.4) is 0 Å². The molecule has 1 fully saturated rings. The van der Waals surface area contributed by atoms with Crippen molar-refractivity contribution in [2.24, 2.45) is 4.99 Å². The Bertz CT molecular complexity index is 1160. The number of amidine groups is 1. The van der Waals surface area contributed by atoms with Gasteiger partial charge in [0.1, 0.15) is 12.4 Å². The van der Waals surface area contributed by atoms with Gasteiger partial charge in [-0.2, -0.15) is 0 Å². The number of aliphatic imine (C=N–C) groups is 1. The molecule has 0 radical (unpaired) electrons. The number of hydrogen-bond acceptors (Lipinski definition) is 4. The van der Waals surface area contributed by atoms with Gasteiger partial charge >= 0.3 is 0 Å². The van der Waals surface area contributed by atoms with Crippen LogP contribution in [0.5, 0.6) is 5.75 Å². The van der Waals surface area contributed by atoms with E-state index < -0.39 is 0 Å². The minimum Gasteiger partial charge on any atom is -0.489 e. The number of amides is 1. The highest BCUT2D eigenvalue weighted by molar-refractivity contribution is 8.18. The molecule has 1 aliphatic rings. The summed E-state index contributed by atoms with van der Waals surface area (Å²) in [6.07, 6.45) is 2.74. The molecule has 0 unspecified atom stereocenters. The minimum atomic E-state index is -0.148. The number of rotatable bonds is 6. The molecule has 3 aromatic carbocycles. The average Bonchev–Trinajstić information content (AvgIpc) is 3.12. The van der Waals surface area contributed by atoms with Crippen LogP contribution in [-0.2, 0) is 17.8 Å². The number of carbonyl (C=O) groups excluding carboxylic acids is 1. The quantitative estimate of drug-likeness (QED) is 0.445. The van der Waals surface area contributed by atoms with Gasteiger partial charge in [-0.15, -0.1) is 0 Å². The number of benzene rings is 3. The maximum Gasteiger partial charge on any atom is 0.264 e. The lowest BCUT2D eigenvalue weighted by molar-refractivity contribution is -0.115. The third kappa shape index (κ3) is 5.57. The third-order valence-electron chi connectivity index (χ3n) is 4.72. The van der Waals surface area contributed by atoms with E-state index in [-0.39, 0.29) is 5.91 Å². The van der Waals surface area contributed by atoms with E-state index in [9.17, 15) is 4.79 Å². The average molecular weight is 449 g/mol. The summed E-state index contributed by atoms with van der Waals surface area (Å²) in [5, 5.41) is 4.14. The number of ether oxygens (including phenoxy) is 1. The molecular formula is C25H21ClN2O2S. The van der Waals surface area contributed by atoms with Crippen molar-refractivity contribution in [2.75, 3.05) is 0 Å². The van der Waals surface area contributed by atoms with Gasteiger partial charge in [-0.3, -0.25) is 4.79 Å². The molecule has 0 bridgehead atoms. The fraction of sp³-hybridized carbons (Fsp3) is 0.120. The molecule has 0 spiro atoms. The van der Waals surface area contributed by atoms with Crippen LogP contribution in [0.25, 0.3) is 6.08 Å². The zero-order chi connectivity index (χ0) is 21.6. The molecule has 0 aromatic heterocycles. The van der Waals surface area contributed by atoms with E-state index in [1.54, 1.807) is 0 Å². The predicted octanol–water partition coefficient (Wildman–Crippen LogP) is 6.37. The first-order valence-electron chi connectivity index (χ1n) is 9.95. The molecule has 1 saturated heterocycles. The monoisotopic (exact) mass is 448 g/mol. The molecule has 0 saturated carbocycles. The number of carbonyl (C=O) groups is 1. The second-order valence-corrected chi connectivity index (χ2v) is 8.42. The summed E-state index contributed by atoms with van der Waals surface area (Å²) < 4.78 is 5.89. The van der Waals surface area contributed by atoms with E-state index in [0.717, 1.165) is 34.5 Å². The van der Waals surface area contributed by atoms with Gasteiger partial charge < -0.3 is 10.1 Å². The van der Waals surface area contributed by atoms with Crippen LogP contribution in [0, 0.1) is 0 Å². The number of nitrogens with one attached hydrogen (secondary N) is 1. The summed E-state index contributed by atoms with van der Waals surface area (Å²) in [4.78, 5) is 17.7. The highest BCUT2D eigenvalue weighted by atomic mass is 35.5. The van der Waals surface area contributed by atoms with Crippen LogP contribution in [0.2, 0.25) is 5.02 Å². The lowest BCUT2D eigenvalue weighted by Gasteiger charge is -2.07. The van der Waals surface area contributed by atoms with Crippen molar-refractivity contribution >= 4 is 46.2 Å². The van der Waals surface area contributed by atoms with E-state index in [2.05, 4.69) is 17.2 Å². The molecular weight excluding hydrogens is 428 g/mol. The van der Waals surface area contributed by atoms with E-state index in [1.165, 1.54) is 11.8 Å². The van der Waals surface area contributed by atoms with E-state index in [0.29, 0.717) is 21.7 Å². The highest BCUT2D eigenvalue weighted by Gasteiger charge is 2.24. The van der Waals surface area contributed by atoms with Gasteiger partial charge in [-0.1, -0.05) is 61.0 Å². The molecule has 156 valence electrons. The highest BCUT2D eigenvalue weighted by Crippen LogP contribution is 2.30. The molecule has 6 heteroatoms. The van der Waals surface area contributed by atoms with E-state index in [4.69, 9.17) is 16.3 Å². The Morgan fingerprint density at radius 1 is 1.06 bits per heavy atom. The molecule has 4 rings (SSSR count). The molecule has 4 nitrogen and oxygen atoms in total. The zero-order valence-corrected chi connectivity index (χ0v) is 18.5. The Labute approximate surface area is 191 Å². The van der Waals surface area contributed by atoms with Crippen LogP contribution in [0.4, 0.5) is 5.69 Å². The van der Waals surface area contributed by atoms with E-state index in [1.807, 2.05) is 78.9 Å². The van der Waals surface area contributed by atoms with Gasteiger partial charge in [0.05, 0.1) is 10.6 Å². The minimum absolute atomic E-state index is 0.148. The number of aryl methyl sites for hydroxylation is 1. The Hall–Kier alpha value is -3.02. The normalized spacial score (nSPS) is 16.0. The van der Waals surface area contributed by atoms with Crippen LogP contribution in [0.1, 0.15) is 23.6 Å². The van der Waals surface area contributed by atoms with Gasteiger partial charge in [0, 0.05) is 5.02 Å². The van der Waals surface area contributed by atoms with Crippen LogP contribution in [0.15, 0.2) is 82.7 Å². The van der Waals surface area contributed by atoms with Gasteiger partial charge in [0.15, 0.2) is 5.17 Å². The third-order valence-corrected chi connectivity index (χ3v) is 5.88. The lowest BCUT2D eigenvalue weighted by Crippen LogP contribution is -2.19. The number of nitrogens with zero attached hydrogens (tertiary/aromatic N) is 1. The molecule has 0 aliphatic carbocycles. The summed E-state index contributed by atoms with van der Waals surface area (Å²) in [5.41, 5.74) is 3.95. The van der Waals surface area contributed by atoms with Crippen molar-refractivity contribution in [1.29, 1.82) is 0 Å². The van der Waals surface area contributed by atoms with Crippen molar-refractivity contribution in [2.45, 2.75) is 20.0 Å². The van der Waals surface area contributed by atoms with E-state index >= 15 is 0 Å². The first-order chi connectivity index (χ1) is 15.1. The van der Waals surface area contributed by atoms with Crippen LogP contribution in [-0.4, -0.2) is 11.1 Å². The van der Waals surface area contributed by atoms with Crippen molar-refractivity contribution in [3.63, 3.8) is 0 Å². The van der Waals surface area contributed by atoms with Crippen molar-refractivity contribution in [3.8, 4) is 5.75 Å². The first-order valence-corrected chi connectivity index (χ1v) is 11.1. The van der Waals surface area contributed by atoms with Crippen LogP contribution < -0.4 is 10.1 Å². The van der Waals surface area contributed by atoms with Gasteiger partial charge in [-0.05, 0) is 71.3 Å². The summed E-state index contributed by atoms with van der Waals surface area (Å²) in [7, 11) is 0. The number of hydrogen-bond donors (Lipinski definition) is 1. The second-order valence-electron chi connectivity index (χ2n) is 6.95. The zero-order valence-electron chi connectivity index (χ0n) is 17.0. The lowest BCUT2D eigenvalue weighted by atomic mass is 10.1. The maximum absolute atomic E-state index is 12.4. The summed E-state index contributed by atoms with van der Waals surface area (Å²) in [5.74, 6) is 0.587. The van der Waals surface area contributed by atoms with Crippen molar-refractivity contribution in [1.82, 2.24) is 5.32 Å². The molecule has 1 amide bonds. The topological polar surface area (TPSA) is 50.7 Å². The number of thioether (sulfide) groups is 1. The summed E-state index contributed by atoms with van der Waals surface area (Å²) in [6, 6.07) is 23.2. The van der Waals surface area contributed by atoms with Crippen molar-refractivity contribution < 1.29 is 9.53 Å². The molecule has 1 aliphatic heterocycles. The van der Waals surface area contributed by atoms with Crippen LogP contribution >= 0.6 is 23.4 Å². The number of halogens is 1. The molecule has 0 atom stereocenters. The van der Waals surface area contributed by atoms with Gasteiger partial charge in [-0.25, -0.2) is 4.99 Å². The Balaban J connectivity index is 1.47.